The lowest BCUT2D eigenvalue weighted by Gasteiger charge is -2.42. The first-order valence-corrected chi connectivity index (χ1v) is 7.98. The second-order valence-corrected chi connectivity index (χ2v) is 6.56. The average Bonchev–Trinajstić information content (AvgIpc) is 2.60. The molecule has 3 aromatic carbocycles. The number of non-ortho nitro benzene ring substituents is 1. The van der Waals surface area contributed by atoms with Gasteiger partial charge in [0.25, 0.3) is 5.69 Å². The summed E-state index contributed by atoms with van der Waals surface area (Å²) in [5.41, 5.74) is 6.06. The van der Waals surface area contributed by atoms with Gasteiger partial charge in [-0.2, -0.15) is 0 Å². The molecule has 0 aliphatic heterocycles. The van der Waals surface area contributed by atoms with Crippen molar-refractivity contribution < 1.29 is 15.1 Å². The normalized spacial score (nSPS) is 19.0. The van der Waals surface area contributed by atoms with E-state index in [4.69, 9.17) is 0 Å². The number of hydrogen-bond acceptors (Lipinski definition) is 4. The summed E-state index contributed by atoms with van der Waals surface area (Å²) in [5.74, 6) is 0.102. The number of hydrogen-bond donors (Lipinski definition) is 2. The molecule has 2 bridgehead atoms. The van der Waals surface area contributed by atoms with E-state index in [0.717, 1.165) is 33.4 Å². The van der Waals surface area contributed by atoms with E-state index in [-0.39, 0.29) is 33.9 Å². The molecule has 0 aromatic heterocycles. The molecule has 6 rings (SSSR count). The van der Waals surface area contributed by atoms with Crippen LogP contribution in [-0.4, -0.2) is 15.1 Å². The van der Waals surface area contributed by atoms with Gasteiger partial charge in [0.15, 0.2) is 0 Å². The lowest BCUT2D eigenvalue weighted by atomic mass is 9.61. The fraction of sp³-hybridized carbons (Fsp3) is 0.100. The zero-order valence-electron chi connectivity index (χ0n) is 13.0. The first-order chi connectivity index (χ1) is 12.0. The predicted octanol–water partition coefficient (Wildman–Crippen LogP) is 3.99. The topological polar surface area (TPSA) is 83.6 Å². The summed E-state index contributed by atoms with van der Waals surface area (Å²) in [6, 6.07) is 15.6. The summed E-state index contributed by atoms with van der Waals surface area (Å²) in [4.78, 5) is 10.8. The molecule has 2 N–H and O–H groups in total. The van der Waals surface area contributed by atoms with E-state index in [1.54, 1.807) is 30.3 Å². The Bertz CT molecular complexity index is 1070. The molecule has 0 saturated carbocycles. The van der Waals surface area contributed by atoms with Crippen LogP contribution in [0.15, 0.2) is 54.6 Å². The molecular weight excluding hydrogens is 318 g/mol. The number of nitro groups is 1. The second kappa shape index (κ2) is 4.60. The minimum atomic E-state index is -0.385. The van der Waals surface area contributed by atoms with Gasteiger partial charge in [-0.25, -0.2) is 0 Å². The van der Waals surface area contributed by atoms with Crippen molar-refractivity contribution in [2.45, 2.75) is 11.8 Å². The maximum atomic E-state index is 11.2. The molecule has 122 valence electrons. The Morgan fingerprint density at radius 3 is 1.64 bits per heavy atom. The van der Waals surface area contributed by atoms with E-state index in [0.29, 0.717) is 0 Å². The Balaban J connectivity index is 1.86. The fourth-order valence-corrected chi connectivity index (χ4v) is 4.34. The largest absolute Gasteiger partial charge is 0.508 e. The number of phenols is 2. The van der Waals surface area contributed by atoms with Gasteiger partial charge >= 0.3 is 0 Å². The highest BCUT2D eigenvalue weighted by Gasteiger charge is 2.42. The zero-order valence-corrected chi connectivity index (χ0v) is 13.0. The SMILES string of the molecule is O=[N+]([O-])c1ccc2c(c1)[C@@H]1c3ccc(O)cc3[C@H]2c2ccc(O)cc21. The van der Waals surface area contributed by atoms with Crippen molar-refractivity contribution in [1.82, 2.24) is 0 Å². The average molecular weight is 331 g/mol. The summed E-state index contributed by atoms with van der Waals surface area (Å²) in [7, 11) is 0. The van der Waals surface area contributed by atoms with E-state index in [2.05, 4.69) is 0 Å². The summed E-state index contributed by atoms with van der Waals surface area (Å²) >= 11 is 0. The molecule has 25 heavy (non-hydrogen) atoms. The number of aromatic hydroxyl groups is 2. The van der Waals surface area contributed by atoms with Gasteiger partial charge in [-0.05, 0) is 57.6 Å². The number of nitro benzene ring substituents is 1. The van der Waals surface area contributed by atoms with Crippen molar-refractivity contribution in [3.63, 3.8) is 0 Å². The van der Waals surface area contributed by atoms with Gasteiger partial charge in [-0.3, -0.25) is 10.1 Å². The van der Waals surface area contributed by atoms with Gasteiger partial charge in [-0.15, -0.1) is 0 Å². The van der Waals surface area contributed by atoms with Crippen LogP contribution < -0.4 is 0 Å². The molecule has 3 aromatic rings. The Morgan fingerprint density at radius 1 is 0.680 bits per heavy atom. The Kier molecular flexibility index (Phi) is 2.58. The van der Waals surface area contributed by atoms with E-state index in [1.165, 1.54) is 6.07 Å². The third-order valence-corrected chi connectivity index (χ3v) is 5.29. The van der Waals surface area contributed by atoms with Crippen LogP contribution in [0.1, 0.15) is 45.2 Å². The van der Waals surface area contributed by atoms with Gasteiger partial charge in [-0.1, -0.05) is 18.2 Å². The number of rotatable bonds is 1. The van der Waals surface area contributed by atoms with Gasteiger partial charge in [0.05, 0.1) is 4.92 Å². The molecule has 0 saturated heterocycles. The third-order valence-electron chi connectivity index (χ3n) is 5.29. The van der Waals surface area contributed by atoms with Crippen LogP contribution in [0.4, 0.5) is 5.69 Å². The van der Waals surface area contributed by atoms with Crippen LogP contribution in [0.2, 0.25) is 0 Å². The van der Waals surface area contributed by atoms with Crippen LogP contribution in [0.5, 0.6) is 11.5 Å². The summed E-state index contributed by atoms with van der Waals surface area (Å²) in [6.07, 6.45) is 0. The van der Waals surface area contributed by atoms with Crippen molar-refractivity contribution in [3.8, 4) is 11.5 Å². The van der Waals surface area contributed by atoms with Crippen molar-refractivity contribution in [2.75, 3.05) is 0 Å². The van der Waals surface area contributed by atoms with Crippen molar-refractivity contribution >= 4 is 5.69 Å². The lowest BCUT2D eigenvalue weighted by molar-refractivity contribution is -0.384. The fourth-order valence-electron chi connectivity index (χ4n) is 4.34. The van der Waals surface area contributed by atoms with Gasteiger partial charge < -0.3 is 10.2 Å². The van der Waals surface area contributed by atoms with E-state index in [9.17, 15) is 20.3 Å². The Hall–Kier alpha value is -3.34. The predicted molar refractivity (Wildman–Crippen MR) is 91.2 cm³/mol. The molecule has 0 spiro atoms. The Labute approximate surface area is 143 Å². The van der Waals surface area contributed by atoms with Crippen LogP contribution in [0.25, 0.3) is 0 Å². The third kappa shape index (κ3) is 1.78. The Morgan fingerprint density at radius 2 is 1.12 bits per heavy atom. The second-order valence-electron chi connectivity index (χ2n) is 6.56. The van der Waals surface area contributed by atoms with Crippen molar-refractivity contribution in [2.24, 2.45) is 0 Å². The highest BCUT2D eigenvalue weighted by molar-refractivity contribution is 5.70. The van der Waals surface area contributed by atoms with Crippen LogP contribution in [-0.2, 0) is 0 Å². The van der Waals surface area contributed by atoms with Crippen molar-refractivity contribution in [3.05, 3.63) is 98.1 Å². The van der Waals surface area contributed by atoms with Crippen LogP contribution >= 0.6 is 0 Å². The number of nitrogens with zero attached hydrogens (tertiary/aromatic N) is 1. The molecular formula is C20H13NO4. The van der Waals surface area contributed by atoms with E-state index in [1.807, 2.05) is 18.2 Å². The standard InChI is InChI=1S/C20H13NO4/c22-11-3-6-15-17(8-11)19-13-4-1-10(21(24)25)7-16(13)20(15)18-9-12(23)2-5-14(18)19/h1-9,19-20,22-23H/t19-,20+/m1/s1. The molecule has 3 aliphatic rings. The van der Waals surface area contributed by atoms with E-state index < -0.39 is 0 Å². The minimum absolute atomic E-state index is 0.0633. The molecule has 0 heterocycles. The zero-order chi connectivity index (χ0) is 17.3. The van der Waals surface area contributed by atoms with Gasteiger partial charge in [0.1, 0.15) is 11.5 Å². The molecule has 0 fully saturated rings. The monoisotopic (exact) mass is 331 g/mol. The summed E-state index contributed by atoms with van der Waals surface area (Å²) < 4.78 is 0. The molecule has 2 atom stereocenters. The first kappa shape index (κ1) is 14.0. The van der Waals surface area contributed by atoms with Crippen molar-refractivity contribution in [1.29, 1.82) is 0 Å². The maximum Gasteiger partial charge on any atom is 0.269 e. The lowest BCUT2D eigenvalue weighted by Crippen LogP contribution is -2.27. The smallest absolute Gasteiger partial charge is 0.269 e. The molecule has 5 heteroatoms. The molecule has 5 nitrogen and oxygen atoms in total. The molecule has 0 unspecified atom stereocenters. The van der Waals surface area contributed by atoms with Gasteiger partial charge in [0.2, 0.25) is 0 Å². The van der Waals surface area contributed by atoms with Crippen LogP contribution in [0, 0.1) is 10.1 Å². The maximum absolute atomic E-state index is 11.2. The molecule has 0 radical (unpaired) electrons. The number of benzene rings is 3. The summed E-state index contributed by atoms with van der Waals surface area (Å²) in [5, 5.41) is 31.1. The quantitative estimate of drug-likeness (QED) is 0.359. The highest BCUT2D eigenvalue weighted by Crippen LogP contribution is 2.57. The highest BCUT2D eigenvalue weighted by atomic mass is 16.6. The molecule has 3 aliphatic carbocycles. The van der Waals surface area contributed by atoms with E-state index >= 15 is 0 Å². The van der Waals surface area contributed by atoms with Gasteiger partial charge in [0, 0.05) is 24.0 Å². The number of phenolic OH excluding ortho intramolecular Hbond substituents is 2. The van der Waals surface area contributed by atoms with Crippen LogP contribution in [0.3, 0.4) is 0 Å². The summed E-state index contributed by atoms with van der Waals surface area (Å²) in [6.45, 7) is 0. The molecule has 0 amide bonds. The minimum Gasteiger partial charge on any atom is -0.508 e. The first-order valence-electron chi connectivity index (χ1n) is 7.98.